The van der Waals surface area contributed by atoms with Gasteiger partial charge in [-0.2, -0.15) is 0 Å². The van der Waals surface area contributed by atoms with Crippen molar-refractivity contribution in [3.05, 3.63) is 17.5 Å². The van der Waals surface area contributed by atoms with Gasteiger partial charge < -0.3 is 15.2 Å². The normalized spacial score (nSPS) is 11.3. The van der Waals surface area contributed by atoms with Gasteiger partial charge in [0, 0.05) is 19.7 Å². The van der Waals surface area contributed by atoms with Crippen molar-refractivity contribution in [3.8, 4) is 0 Å². The van der Waals surface area contributed by atoms with Crippen molar-refractivity contribution in [2.75, 3.05) is 13.6 Å². The van der Waals surface area contributed by atoms with Gasteiger partial charge >= 0.3 is 0 Å². The molecule has 0 spiro atoms. The summed E-state index contributed by atoms with van der Waals surface area (Å²) in [6.45, 7) is 8.05. The third-order valence-corrected chi connectivity index (χ3v) is 3.34. The molecule has 0 unspecified atom stereocenters. The van der Waals surface area contributed by atoms with Crippen LogP contribution in [0.3, 0.4) is 0 Å². The number of rotatable bonds is 7. The number of guanidine groups is 1. The second kappa shape index (κ2) is 10.9. The molecule has 0 aromatic carbocycles. The number of nitrogens with zero attached hydrogens (tertiary/aromatic N) is 2. The lowest BCUT2D eigenvalue weighted by Crippen LogP contribution is -2.39. The molecule has 0 aliphatic carbocycles. The fraction of sp³-hybridized carbons (Fsp3) is 0.714. The second-order valence-electron chi connectivity index (χ2n) is 4.63. The smallest absolute Gasteiger partial charge is 0.191 e. The van der Waals surface area contributed by atoms with Crippen LogP contribution in [0.1, 0.15) is 45.1 Å². The van der Waals surface area contributed by atoms with Crippen molar-refractivity contribution in [3.63, 3.8) is 0 Å². The largest absolute Gasteiger partial charge is 0.359 e. The van der Waals surface area contributed by atoms with Gasteiger partial charge in [0.05, 0.1) is 12.2 Å². The molecule has 0 saturated heterocycles. The molecule has 1 heterocycles. The van der Waals surface area contributed by atoms with Gasteiger partial charge in [0.15, 0.2) is 11.7 Å². The zero-order valence-electron chi connectivity index (χ0n) is 12.9. The van der Waals surface area contributed by atoms with Crippen LogP contribution in [-0.4, -0.2) is 24.7 Å². The monoisotopic (exact) mass is 394 g/mol. The van der Waals surface area contributed by atoms with Gasteiger partial charge in [-0.3, -0.25) is 4.99 Å². The summed E-state index contributed by atoms with van der Waals surface area (Å²) in [5.41, 5.74) is 0.983. The molecule has 1 rings (SSSR count). The molecule has 0 radical (unpaired) electrons. The standard InChI is InChI=1S/C14H26N4O.HI/c1-5-11(6-2)9-16-14(15-4)17-10-13-8-12(7-3)18-19-13;/h8,11H,5-7,9-10H2,1-4H3,(H2,15,16,17);1H. The van der Waals surface area contributed by atoms with Crippen LogP contribution >= 0.6 is 24.0 Å². The molecule has 0 fully saturated rings. The Kier molecular flexibility index (Phi) is 10.5. The van der Waals surface area contributed by atoms with E-state index < -0.39 is 0 Å². The Morgan fingerprint density at radius 2 is 2.00 bits per heavy atom. The summed E-state index contributed by atoms with van der Waals surface area (Å²) >= 11 is 0. The van der Waals surface area contributed by atoms with Gasteiger partial charge in [-0.25, -0.2) is 0 Å². The molecular weight excluding hydrogens is 367 g/mol. The average molecular weight is 394 g/mol. The topological polar surface area (TPSA) is 62.5 Å². The lowest BCUT2D eigenvalue weighted by Gasteiger charge is -2.16. The zero-order valence-corrected chi connectivity index (χ0v) is 15.2. The lowest BCUT2D eigenvalue weighted by molar-refractivity contribution is 0.374. The first-order valence-electron chi connectivity index (χ1n) is 7.12. The highest BCUT2D eigenvalue weighted by Crippen LogP contribution is 2.05. The van der Waals surface area contributed by atoms with Crippen LogP contribution < -0.4 is 10.6 Å². The molecule has 0 amide bonds. The van der Waals surface area contributed by atoms with Crippen molar-refractivity contribution in [1.82, 2.24) is 15.8 Å². The quantitative estimate of drug-likeness (QED) is 0.424. The molecule has 1 aromatic heterocycles. The van der Waals surface area contributed by atoms with E-state index in [2.05, 4.69) is 41.6 Å². The number of aromatic nitrogens is 1. The van der Waals surface area contributed by atoms with Crippen LogP contribution in [-0.2, 0) is 13.0 Å². The molecular formula is C14H27IN4O. The van der Waals surface area contributed by atoms with Gasteiger partial charge in [-0.15, -0.1) is 24.0 Å². The summed E-state index contributed by atoms with van der Waals surface area (Å²) in [5.74, 6) is 2.33. The molecule has 0 bridgehead atoms. The fourth-order valence-corrected chi connectivity index (χ4v) is 1.82. The van der Waals surface area contributed by atoms with Crippen molar-refractivity contribution in [1.29, 1.82) is 0 Å². The summed E-state index contributed by atoms with van der Waals surface area (Å²) in [5, 5.41) is 10.5. The van der Waals surface area contributed by atoms with E-state index in [9.17, 15) is 0 Å². The minimum Gasteiger partial charge on any atom is -0.359 e. The molecule has 0 aliphatic heterocycles. The molecule has 0 aliphatic rings. The third-order valence-electron chi connectivity index (χ3n) is 3.34. The van der Waals surface area contributed by atoms with E-state index in [0.717, 1.165) is 30.4 Å². The van der Waals surface area contributed by atoms with Crippen LogP contribution in [0.15, 0.2) is 15.6 Å². The van der Waals surface area contributed by atoms with Gasteiger partial charge in [-0.05, 0) is 12.3 Å². The first-order valence-corrected chi connectivity index (χ1v) is 7.12. The number of aryl methyl sites for hydroxylation is 1. The van der Waals surface area contributed by atoms with Gasteiger partial charge in [0.2, 0.25) is 0 Å². The van der Waals surface area contributed by atoms with Crippen molar-refractivity contribution in [2.24, 2.45) is 10.9 Å². The number of aliphatic imine (C=N–C) groups is 1. The van der Waals surface area contributed by atoms with E-state index in [0.29, 0.717) is 12.5 Å². The fourth-order valence-electron chi connectivity index (χ4n) is 1.82. The van der Waals surface area contributed by atoms with Crippen molar-refractivity contribution >= 4 is 29.9 Å². The molecule has 20 heavy (non-hydrogen) atoms. The summed E-state index contributed by atoms with van der Waals surface area (Å²) in [6.07, 6.45) is 3.26. The van der Waals surface area contributed by atoms with Gasteiger partial charge in [0.1, 0.15) is 0 Å². The first kappa shape index (κ1) is 19.2. The zero-order chi connectivity index (χ0) is 14.1. The molecule has 2 N–H and O–H groups in total. The molecule has 6 heteroatoms. The van der Waals surface area contributed by atoms with Gasteiger partial charge in [-0.1, -0.05) is 38.8 Å². The first-order chi connectivity index (χ1) is 9.23. The summed E-state index contributed by atoms with van der Waals surface area (Å²) in [6, 6.07) is 1.97. The van der Waals surface area contributed by atoms with E-state index in [-0.39, 0.29) is 24.0 Å². The van der Waals surface area contributed by atoms with Crippen LogP contribution in [0.25, 0.3) is 0 Å². The highest BCUT2D eigenvalue weighted by molar-refractivity contribution is 14.0. The highest BCUT2D eigenvalue weighted by Gasteiger charge is 2.06. The number of hydrogen-bond acceptors (Lipinski definition) is 3. The Bertz CT molecular complexity index is 388. The molecule has 5 nitrogen and oxygen atoms in total. The maximum absolute atomic E-state index is 5.22. The summed E-state index contributed by atoms with van der Waals surface area (Å²) in [4.78, 5) is 4.20. The maximum atomic E-state index is 5.22. The van der Waals surface area contributed by atoms with E-state index in [4.69, 9.17) is 4.52 Å². The Hall–Kier alpha value is -0.790. The highest BCUT2D eigenvalue weighted by atomic mass is 127. The molecule has 0 saturated carbocycles. The van der Waals surface area contributed by atoms with Crippen LogP contribution in [0.2, 0.25) is 0 Å². The van der Waals surface area contributed by atoms with Crippen molar-refractivity contribution in [2.45, 2.75) is 46.6 Å². The molecule has 116 valence electrons. The molecule has 1 aromatic rings. The number of nitrogens with one attached hydrogen (secondary N) is 2. The summed E-state index contributed by atoms with van der Waals surface area (Å²) in [7, 11) is 1.78. The summed E-state index contributed by atoms with van der Waals surface area (Å²) < 4.78 is 5.22. The predicted octanol–water partition coefficient (Wildman–Crippen LogP) is 2.96. The van der Waals surface area contributed by atoms with E-state index in [1.54, 1.807) is 7.05 Å². The minimum absolute atomic E-state index is 0. The molecule has 0 atom stereocenters. The maximum Gasteiger partial charge on any atom is 0.191 e. The van der Waals surface area contributed by atoms with Gasteiger partial charge in [0.25, 0.3) is 0 Å². The Labute approximate surface area is 139 Å². The van der Waals surface area contributed by atoms with Crippen LogP contribution in [0.4, 0.5) is 0 Å². The Morgan fingerprint density at radius 3 is 2.50 bits per heavy atom. The Balaban J connectivity index is 0.00000361. The number of hydrogen-bond donors (Lipinski definition) is 2. The van der Waals surface area contributed by atoms with E-state index in [1.165, 1.54) is 12.8 Å². The predicted molar refractivity (Wildman–Crippen MR) is 93.6 cm³/mol. The second-order valence-corrected chi connectivity index (χ2v) is 4.63. The van der Waals surface area contributed by atoms with E-state index >= 15 is 0 Å². The van der Waals surface area contributed by atoms with E-state index in [1.807, 2.05) is 6.07 Å². The Morgan fingerprint density at radius 1 is 1.30 bits per heavy atom. The van der Waals surface area contributed by atoms with Crippen molar-refractivity contribution < 1.29 is 4.52 Å². The third kappa shape index (κ3) is 6.58. The number of halogens is 1. The minimum atomic E-state index is 0. The SMILES string of the molecule is CCc1cc(CNC(=NC)NCC(CC)CC)on1.I. The average Bonchev–Trinajstić information content (AvgIpc) is 2.91. The van der Waals surface area contributed by atoms with Crippen LogP contribution in [0.5, 0.6) is 0 Å². The lowest BCUT2D eigenvalue weighted by atomic mass is 10.0. The van der Waals surface area contributed by atoms with Crippen LogP contribution in [0, 0.1) is 5.92 Å².